The van der Waals surface area contributed by atoms with E-state index >= 15 is 0 Å². The number of carbonyl (C=O) groups excluding carboxylic acids is 1. The van der Waals surface area contributed by atoms with E-state index in [2.05, 4.69) is 15.0 Å². The van der Waals surface area contributed by atoms with Gasteiger partial charge in [0.1, 0.15) is 17.3 Å². The maximum atomic E-state index is 13.1. The molecule has 0 unspecified atom stereocenters. The number of rotatable bonds is 8. The van der Waals surface area contributed by atoms with E-state index in [1.165, 1.54) is 30.5 Å². The van der Waals surface area contributed by atoms with Crippen LogP contribution in [-0.4, -0.2) is 30.3 Å². The van der Waals surface area contributed by atoms with Gasteiger partial charge in [0, 0.05) is 17.9 Å². The number of hydrogen-bond donors (Lipinski definition) is 1. The molecule has 0 bridgehead atoms. The maximum absolute atomic E-state index is 13.1. The van der Waals surface area contributed by atoms with Crippen LogP contribution >= 0.6 is 0 Å². The number of carbonyl (C=O) groups is 1. The molecule has 0 spiro atoms. The van der Waals surface area contributed by atoms with Crippen molar-refractivity contribution >= 4 is 5.91 Å². The van der Waals surface area contributed by atoms with Crippen molar-refractivity contribution in [3.8, 4) is 11.5 Å². The number of alkyl halides is 3. The minimum Gasteiger partial charge on any atom is -0.493 e. The topological polar surface area (TPSA) is 60.5 Å². The fourth-order valence-corrected chi connectivity index (χ4v) is 2.81. The number of aromatic nitrogens is 1. The van der Waals surface area contributed by atoms with Gasteiger partial charge >= 0.3 is 6.18 Å². The van der Waals surface area contributed by atoms with Gasteiger partial charge in [0.05, 0.1) is 24.5 Å². The highest BCUT2D eigenvalue weighted by atomic mass is 19.4. The third-order valence-corrected chi connectivity index (χ3v) is 4.48. The lowest BCUT2D eigenvalue weighted by Gasteiger charge is -2.14. The molecule has 1 N–H and O–H groups in total. The molecule has 1 amide bonds. The predicted octanol–water partition coefficient (Wildman–Crippen LogP) is 4.05. The summed E-state index contributed by atoms with van der Waals surface area (Å²) < 4.78 is 59.7. The summed E-state index contributed by atoms with van der Waals surface area (Å²) in [6.45, 7) is 0.664. The van der Waals surface area contributed by atoms with Crippen molar-refractivity contribution in [1.29, 1.82) is 0 Å². The molecule has 0 saturated heterocycles. The third kappa shape index (κ3) is 6.33. The molecule has 0 aliphatic heterocycles. The van der Waals surface area contributed by atoms with Crippen LogP contribution in [0.4, 0.5) is 17.6 Å². The predicted molar refractivity (Wildman–Crippen MR) is 95.8 cm³/mol. The first-order valence-electron chi connectivity index (χ1n) is 9.05. The molecule has 9 heteroatoms. The van der Waals surface area contributed by atoms with Crippen molar-refractivity contribution < 1.29 is 31.8 Å². The monoisotopic (exact) mass is 412 g/mol. The van der Waals surface area contributed by atoms with E-state index in [0.717, 1.165) is 0 Å². The Balaban J connectivity index is 1.43. The van der Waals surface area contributed by atoms with Crippen LogP contribution in [0.2, 0.25) is 0 Å². The lowest BCUT2D eigenvalue weighted by molar-refractivity contribution is -0.153. The lowest BCUT2D eigenvalue weighted by atomic mass is 10.2. The van der Waals surface area contributed by atoms with E-state index in [1.54, 1.807) is 19.1 Å². The fraction of sp³-hybridized carbons (Fsp3) is 0.400. The molecule has 3 rings (SSSR count). The molecular weight excluding hydrogens is 392 g/mol. The second kappa shape index (κ2) is 8.67. The molecule has 1 saturated carbocycles. The lowest BCUT2D eigenvalue weighted by Crippen LogP contribution is -2.29. The summed E-state index contributed by atoms with van der Waals surface area (Å²) >= 11 is 0. The van der Waals surface area contributed by atoms with Crippen molar-refractivity contribution in [1.82, 2.24) is 10.3 Å². The molecule has 156 valence electrons. The molecule has 2 aromatic rings. The highest BCUT2D eigenvalue weighted by Crippen LogP contribution is 2.39. The van der Waals surface area contributed by atoms with Gasteiger partial charge in [-0.25, -0.2) is 4.39 Å². The summed E-state index contributed by atoms with van der Waals surface area (Å²) in [5.41, 5.74) is 0.505. The van der Waals surface area contributed by atoms with E-state index in [1.807, 2.05) is 0 Å². The second-order valence-corrected chi connectivity index (χ2v) is 6.92. The van der Waals surface area contributed by atoms with Crippen LogP contribution in [-0.2, 0) is 4.79 Å². The molecular formula is C20H20F4N2O3. The van der Waals surface area contributed by atoms with Crippen molar-refractivity contribution in [3.05, 3.63) is 54.1 Å². The number of benzene rings is 1. The van der Waals surface area contributed by atoms with Crippen LogP contribution in [0, 0.1) is 17.7 Å². The molecule has 1 aliphatic rings. The van der Waals surface area contributed by atoms with Gasteiger partial charge < -0.3 is 14.8 Å². The van der Waals surface area contributed by atoms with Gasteiger partial charge in [-0.15, -0.1) is 0 Å². The van der Waals surface area contributed by atoms with Gasteiger partial charge in [-0.2, -0.15) is 13.2 Å². The first kappa shape index (κ1) is 20.9. The standard InChI is InChI=1S/C20H20F4N2O3/c1-12(18-6-5-16(9-25-18)29-11-20(22,23)24)26-19(27)17-7-13(17)10-28-15-4-2-3-14(21)8-15/h2-6,8-9,12-13,17H,7,10-11H2,1H3,(H,26,27)/t12-,13+,17-/m1/s1. The fourth-order valence-electron chi connectivity index (χ4n) is 2.81. The minimum atomic E-state index is -4.42. The van der Waals surface area contributed by atoms with Crippen LogP contribution < -0.4 is 14.8 Å². The van der Waals surface area contributed by atoms with Crippen LogP contribution in [0.25, 0.3) is 0 Å². The van der Waals surface area contributed by atoms with Gasteiger partial charge in [-0.1, -0.05) is 6.07 Å². The van der Waals surface area contributed by atoms with Gasteiger partial charge in [0.2, 0.25) is 5.91 Å². The molecule has 1 heterocycles. The molecule has 29 heavy (non-hydrogen) atoms. The number of pyridine rings is 1. The van der Waals surface area contributed by atoms with E-state index in [0.29, 0.717) is 24.5 Å². The van der Waals surface area contributed by atoms with Gasteiger partial charge in [0.15, 0.2) is 6.61 Å². The Morgan fingerprint density at radius 3 is 2.69 bits per heavy atom. The van der Waals surface area contributed by atoms with Crippen LogP contribution in [0.3, 0.4) is 0 Å². The Bertz CT molecular complexity index is 842. The van der Waals surface area contributed by atoms with E-state index in [-0.39, 0.29) is 29.3 Å². The highest BCUT2D eigenvalue weighted by molar-refractivity contribution is 5.81. The normalized spacial score (nSPS) is 19.3. The zero-order valence-electron chi connectivity index (χ0n) is 15.6. The third-order valence-electron chi connectivity index (χ3n) is 4.48. The van der Waals surface area contributed by atoms with Crippen molar-refractivity contribution in [3.63, 3.8) is 0 Å². The number of halogens is 4. The highest BCUT2D eigenvalue weighted by Gasteiger charge is 2.43. The van der Waals surface area contributed by atoms with Crippen molar-refractivity contribution in [2.45, 2.75) is 25.6 Å². The molecule has 5 nitrogen and oxygen atoms in total. The molecule has 1 aromatic heterocycles. The van der Waals surface area contributed by atoms with Crippen LogP contribution in [0.15, 0.2) is 42.6 Å². The number of nitrogens with one attached hydrogen (secondary N) is 1. The smallest absolute Gasteiger partial charge is 0.422 e. The molecule has 1 fully saturated rings. The average molecular weight is 412 g/mol. The second-order valence-electron chi connectivity index (χ2n) is 6.92. The Hall–Kier alpha value is -2.84. The summed E-state index contributed by atoms with van der Waals surface area (Å²) in [4.78, 5) is 16.4. The molecule has 3 atom stereocenters. The average Bonchev–Trinajstić information content (AvgIpc) is 3.44. The number of hydrogen-bond acceptors (Lipinski definition) is 4. The minimum absolute atomic E-state index is 0.00126. The van der Waals surface area contributed by atoms with E-state index in [4.69, 9.17) is 4.74 Å². The first-order valence-corrected chi connectivity index (χ1v) is 9.05. The van der Waals surface area contributed by atoms with Gasteiger partial charge in [-0.3, -0.25) is 9.78 Å². The maximum Gasteiger partial charge on any atom is 0.422 e. The summed E-state index contributed by atoms with van der Waals surface area (Å²) in [6, 6.07) is 8.28. The van der Waals surface area contributed by atoms with Crippen molar-refractivity contribution in [2.24, 2.45) is 11.8 Å². The number of ether oxygens (including phenoxy) is 2. The molecule has 1 aromatic carbocycles. The number of amides is 1. The first-order chi connectivity index (χ1) is 13.7. The summed E-state index contributed by atoms with van der Waals surface area (Å²) in [7, 11) is 0. The van der Waals surface area contributed by atoms with Gasteiger partial charge in [-0.05, 0) is 37.6 Å². The molecule has 1 aliphatic carbocycles. The summed E-state index contributed by atoms with van der Waals surface area (Å²) in [5, 5.41) is 2.83. The Morgan fingerprint density at radius 2 is 2.03 bits per heavy atom. The van der Waals surface area contributed by atoms with E-state index in [9.17, 15) is 22.4 Å². The van der Waals surface area contributed by atoms with E-state index < -0.39 is 18.8 Å². The zero-order chi connectivity index (χ0) is 21.0. The van der Waals surface area contributed by atoms with Gasteiger partial charge in [0.25, 0.3) is 0 Å². The van der Waals surface area contributed by atoms with Crippen molar-refractivity contribution in [2.75, 3.05) is 13.2 Å². The number of nitrogens with zero attached hydrogens (tertiary/aromatic N) is 1. The zero-order valence-corrected chi connectivity index (χ0v) is 15.6. The Morgan fingerprint density at radius 1 is 1.24 bits per heavy atom. The van der Waals surface area contributed by atoms with Crippen LogP contribution in [0.1, 0.15) is 25.1 Å². The summed E-state index contributed by atoms with van der Waals surface area (Å²) in [5.74, 6) is -0.256. The largest absolute Gasteiger partial charge is 0.493 e. The summed E-state index contributed by atoms with van der Waals surface area (Å²) in [6.07, 6.45) is -2.55. The molecule has 0 radical (unpaired) electrons. The SMILES string of the molecule is C[C@@H](NC(=O)[C@@H]1C[C@H]1COc1cccc(F)c1)c1ccc(OCC(F)(F)F)cn1. The van der Waals surface area contributed by atoms with Crippen LogP contribution in [0.5, 0.6) is 11.5 Å². The Labute approximate surface area is 165 Å². The Kier molecular flexibility index (Phi) is 6.24. The quantitative estimate of drug-likeness (QED) is 0.665.